The van der Waals surface area contributed by atoms with Crippen molar-refractivity contribution in [3.63, 3.8) is 0 Å². The molecule has 3 aromatic rings. The summed E-state index contributed by atoms with van der Waals surface area (Å²) in [5.74, 6) is 0.947. The Labute approximate surface area is 189 Å². The molecule has 1 unspecified atom stereocenters. The Morgan fingerprint density at radius 1 is 1.23 bits per heavy atom. The molecule has 0 fully saturated rings. The largest absolute Gasteiger partial charge is 0.489 e. The van der Waals surface area contributed by atoms with Gasteiger partial charge in [-0.15, -0.1) is 0 Å². The molecule has 1 aliphatic heterocycles. The van der Waals surface area contributed by atoms with Crippen LogP contribution in [0.1, 0.15) is 37.9 Å². The number of nitrogens with one attached hydrogen (secondary N) is 1. The average Bonchev–Trinajstić information content (AvgIpc) is 3.19. The molecule has 0 spiro atoms. The first-order valence-electron chi connectivity index (χ1n) is 9.98. The maximum Gasteiger partial charge on any atom is 0.338 e. The molecule has 160 valence electrons. The van der Waals surface area contributed by atoms with Gasteiger partial charge in [-0.2, -0.15) is 10.1 Å². The van der Waals surface area contributed by atoms with Gasteiger partial charge in [0.05, 0.1) is 11.7 Å². The van der Waals surface area contributed by atoms with Crippen LogP contribution in [0.25, 0.3) is 0 Å². The predicted octanol–water partition coefficient (Wildman–Crippen LogP) is 4.86. The van der Waals surface area contributed by atoms with Gasteiger partial charge in [0.25, 0.3) is 0 Å². The van der Waals surface area contributed by atoms with Gasteiger partial charge in [-0.25, -0.2) is 9.48 Å². The molecule has 0 radical (unpaired) electrons. The molecule has 1 aromatic heterocycles. The summed E-state index contributed by atoms with van der Waals surface area (Å²) < 4.78 is 14.1. The van der Waals surface area contributed by atoms with Crippen molar-refractivity contribution in [3.8, 4) is 5.75 Å². The van der Waals surface area contributed by atoms with Crippen LogP contribution in [0.4, 0.5) is 5.95 Å². The van der Waals surface area contributed by atoms with Crippen molar-refractivity contribution in [2.24, 2.45) is 0 Å². The zero-order chi connectivity index (χ0) is 22.0. The minimum Gasteiger partial charge on any atom is -0.489 e. The molecular formula is C23H23BrN4O3. The summed E-state index contributed by atoms with van der Waals surface area (Å²) in [5, 5.41) is 7.47. The second kappa shape index (κ2) is 8.93. The highest BCUT2D eigenvalue weighted by atomic mass is 79.9. The molecule has 0 saturated heterocycles. The van der Waals surface area contributed by atoms with E-state index >= 15 is 0 Å². The minimum atomic E-state index is -0.441. The lowest BCUT2D eigenvalue weighted by molar-refractivity contribution is -0.143. The van der Waals surface area contributed by atoms with Crippen LogP contribution in [-0.4, -0.2) is 26.8 Å². The number of ether oxygens (including phenoxy) is 2. The van der Waals surface area contributed by atoms with Crippen molar-refractivity contribution in [1.82, 2.24) is 14.8 Å². The summed E-state index contributed by atoms with van der Waals surface area (Å²) in [6, 6.07) is 15.2. The number of hydrogen-bond donors (Lipinski definition) is 1. The number of carbonyl (C=O) groups is 1. The summed E-state index contributed by atoms with van der Waals surface area (Å²) >= 11 is 3.47. The van der Waals surface area contributed by atoms with Crippen molar-refractivity contribution >= 4 is 27.8 Å². The molecular weight excluding hydrogens is 460 g/mol. The molecule has 31 heavy (non-hydrogen) atoms. The van der Waals surface area contributed by atoms with E-state index < -0.39 is 6.04 Å². The highest BCUT2D eigenvalue weighted by Crippen LogP contribution is 2.36. The maximum atomic E-state index is 12.9. The SMILES string of the molecule is CC1=C(C(=O)OC(C)C)C(c2ccc(OCc3cccc(Br)c3)cc2)n2ncnc2N1. The second-order valence-corrected chi connectivity index (χ2v) is 8.45. The number of aromatic nitrogens is 3. The lowest BCUT2D eigenvalue weighted by Crippen LogP contribution is -2.30. The number of halogens is 1. The van der Waals surface area contributed by atoms with Crippen LogP contribution in [-0.2, 0) is 16.1 Å². The van der Waals surface area contributed by atoms with E-state index in [4.69, 9.17) is 9.47 Å². The van der Waals surface area contributed by atoms with Gasteiger partial charge in [-0.3, -0.25) is 0 Å². The fourth-order valence-corrected chi connectivity index (χ4v) is 3.93. The minimum absolute atomic E-state index is 0.223. The van der Waals surface area contributed by atoms with E-state index in [1.165, 1.54) is 6.33 Å². The van der Waals surface area contributed by atoms with Crippen LogP contribution < -0.4 is 10.1 Å². The highest BCUT2D eigenvalue weighted by Gasteiger charge is 2.34. The highest BCUT2D eigenvalue weighted by molar-refractivity contribution is 9.10. The smallest absolute Gasteiger partial charge is 0.338 e. The van der Waals surface area contributed by atoms with Crippen LogP contribution in [0.2, 0.25) is 0 Å². The van der Waals surface area contributed by atoms with Crippen LogP contribution in [0.5, 0.6) is 5.75 Å². The van der Waals surface area contributed by atoms with Crippen molar-refractivity contribution in [2.75, 3.05) is 5.32 Å². The van der Waals surface area contributed by atoms with E-state index in [1.807, 2.05) is 69.3 Å². The lowest BCUT2D eigenvalue weighted by atomic mass is 9.95. The van der Waals surface area contributed by atoms with Crippen LogP contribution in [0.3, 0.4) is 0 Å². The number of fused-ring (bicyclic) bond motifs is 1. The molecule has 7 nitrogen and oxygen atoms in total. The zero-order valence-corrected chi connectivity index (χ0v) is 19.1. The Kier molecular flexibility index (Phi) is 6.08. The average molecular weight is 483 g/mol. The summed E-state index contributed by atoms with van der Waals surface area (Å²) in [5.41, 5.74) is 3.17. The molecule has 0 aliphatic carbocycles. The first-order valence-corrected chi connectivity index (χ1v) is 10.8. The van der Waals surface area contributed by atoms with Gasteiger partial charge in [0.15, 0.2) is 0 Å². The molecule has 1 N–H and O–H groups in total. The Hall–Kier alpha value is -3.13. The third kappa shape index (κ3) is 4.64. The lowest BCUT2D eigenvalue weighted by Gasteiger charge is -2.28. The van der Waals surface area contributed by atoms with E-state index in [2.05, 4.69) is 31.3 Å². The number of anilines is 1. The molecule has 4 rings (SSSR count). The van der Waals surface area contributed by atoms with Crippen LogP contribution in [0, 0.1) is 0 Å². The maximum absolute atomic E-state index is 12.9. The fourth-order valence-electron chi connectivity index (χ4n) is 3.48. The fraction of sp³-hybridized carbons (Fsp3) is 0.261. The van der Waals surface area contributed by atoms with Gasteiger partial charge < -0.3 is 14.8 Å². The van der Waals surface area contributed by atoms with Crippen molar-refractivity contribution < 1.29 is 14.3 Å². The van der Waals surface area contributed by atoms with Crippen molar-refractivity contribution in [3.05, 3.63) is 81.7 Å². The standard InChI is InChI=1S/C23H23BrN4O3/c1-14(2)31-22(29)20-15(3)27-23-25-13-26-28(23)21(20)17-7-9-19(10-8-17)30-12-16-5-4-6-18(24)11-16/h4-11,13-14,21H,12H2,1-3H3,(H,25,26,27). The van der Waals surface area contributed by atoms with E-state index in [1.54, 1.807) is 4.68 Å². The quantitative estimate of drug-likeness (QED) is 0.505. The summed E-state index contributed by atoms with van der Waals surface area (Å²) in [6.45, 7) is 5.97. The molecule has 2 heterocycles. The van der Waals surface area contributed by atoms with Gasteiger partial charge >= 0.3 is 5.97 Å². The summed E-state index contributed by atoms with van der Waals surface area (Å²) in [7, 11) is 0. The first-order chi connectivity index (χ1) is 14.9. The summed E-state index contributed by atoms with van der Waals surface area (Å²) in [6.07, 6.45) is 1.24. The molecule has 0 bridgehead atoms. The third-order valence-electron chi connectivity index (χ3n) is 4.85. The number of allylic oxidation sites excluding steroid dienone is 1. The number of rotatable bonds is 6. The molecule has 1 aliphatic rings. The van der Waals surface area contributed by atoms with Crippen LogP contribution >= 0.6 is 15.9 Å². The molecule has 2 aromatic carbocycles. The monoisotopic (exact) mass is 482 g/mol. The van der Waals surface area contributed by atoms with E-state index in [0.717, 1.165) is 21.3 Å². The Bertz CT molecular complexity index is 1120. The molecule has 0 amide bonds. The predicted molar refractivity (Wildman–Crippen MR) is 121 cm³/mol. The number of hydrogen-bond acceptors (Lipinski definition) is 6. The van der Waals surface area contributed by atoms with Gasteiger partial charge in [0.1, 0.15) is 24.7 Å². The van der Waals surface area contributed by atoms with Gasteiger partial charge in [-0.05, 0) is 56.2 Å². The number of benzene rings is 2. The molecule has 1 atom stereocenters. The Morgan fingerprint density at radius 3 is 2.71 bits per heavy atom. The van der Waals surface area contributed by atoms with Crippen molar-refractivity contribution in [1.29, 1.82) is 0 Å². The van der Waals surface area contributed by atoms with E-state index in [9.17, 15) is 4.79 Å². The van der Waals surface area contributed by atoms with E-state index in [-0.39, 0.29) is 12.1 Å². The zero-order valence-electron chi connectivity index (χ0n) is 17.5. The number of carbonyl (C=O) groups excluding carboxylic acids is 1. The van der Waals surface area contributed by atoms with Crippen LogP contribution in [0.15, 0.2) is 70.6 Å². The van der Waals surface area contributed by atoms with Crippen molar-refractivity contribution in [2.45, 2.75) is 39.5 Å². The normalized spacial score (nSPS) is 15.5. The van der Waals surface area contributed by atoms with Gasteiger partial charge in [0.2, 0.25) is 5.95 Å². The third-order valence-corrected chi connectivity index (χ3v) is 5.34. The molecule has 8 heteroatoms. The Balaban J connectivity index is 1.59. The van der Waals surface area contributed by atoms with Gasteiger partial charge in [-0.1, -0.05) is 40.2 Å². The summed E-state index contributed by atoms with van der Waals surface area (Å²) in [4.78, 5) is 17.1. The second-order valence-electron chi connectivity index (χ2n) is 7.54. The number of nitrogens with zero attached hydrogens (tertiary/aromatic N) is 3. The van der Waals surface area contributed by atoms with E-state index in [0.29, 0.717) is 23.8 Å². The van der Waals surface area contributed by atoms with Gasteiger partial charge in [0, 0.05) is 10.2 Å². The number of esters is 1. The molecule has 0 saturated carbocycles. The topological polar surface area (TPSA) is 78.3 Å². The Morgan fingerprint density at radius 2 is 2.00 bits per heavy atom. The first kappa shape index (κ1) is 21.1.